The van der Waals surface area contributed by atoms with Crippen molar-refractivity contribution in [1.29, 1.82) is 0 Å². The first-order valence-corrected chi connectivity index (χ1v) is 11.0. The normalized spacial score (nSPS) is 37.0. The molecule has 1 N–H and O–H groups in total. The van der Waals surface area contributed by atoms with Crippen LogP contribution in [0.5, 0.6) is 0 Å². The molecular formula is C23H40O5. The third kappa shape index (κ3) is 4.57. The van der Waals surface area contributed by atoms with Gasteiger partial charge in [-0.15, -0.1) is 0 Å². The second-order valence-electron chi connectivity index (χ2n) is 11.4. The van der Waals surface area contributed by atoms with E-state index in [9.17, 15) is 9.90 Å². The van der Waals surface area contributed by atoms with Gasteiger partial charge in [0.2, 0.25) is 0 Å². The van der Waals surface area contributed by atoms with E-state index in [1.807, 2.05) is 20.8 Å². The van der Waals surface area contributed by atoms with Crippen LogP contribution in [-0.2, 0) is 19.0 Å². The van der Waals surface area contributed by atoms with E-state index >= 15 is 0 Å². The number of esters is 1. The number of carbonyl (C=O) groups is 1. The second-order valence-corrected chi connectivity index (χ2v) is 11.4. The van der Waals surface area contributed by atoms with E-state index in [2.05, 4.69) is 20.8 Å². The lowest BCUT2D eigenvalue weighted by Gasteiger charge is -2.62. The Labute approximate surface area is 170 Å². The highest BCUT2D eigenvalue weighted by Gasteiger charge is 2.60. The fourth-order valence-electron chi connectivity index (χ4n) is 5.75. The van der Waals surface area contributed by atoms with Gasteiger partial charge >= 0.3 is 5.97 Å². The number of hydrogen-bond acceptors (Lipinski definition) is 5. The number of aliphatic hydroxyl groups excluding tert-OH is 1. The maximum absolute atomic E-state index is 12.5. The molecule has 4 aliphatic rings. The fourth-order valence-corrected chi connectivity index (χ4v) is 5.75. The quantitative estimate of drug-likeness (QED) is 0.503. The van der Waals surface area contributed by atoms with Gasteiger partial charge in [-0.1, -0.05) is 20.8 Å². The molecule has 4 atom stereocenters. The van der Waals surface area contributed by atoms with Crippen LogP contribution < -0.4 is 0 Å². The Morgan fingerprint density at radius 3 is 2.00 bits per heavy atom. The van der Waals surface area contributed by atoms with E-state index in [1.165, 1.54) is 6.42 Å². The van der Waals surface area contributed by atoms with Crippen LogP contribution in [-0.4, -0.2) is 40.3 Å². The Bertz CT molecular complexity index is 576. The van der Waals surface area contributed by atoms with Gasteiger partial charge in [-0.3, -0.25) is 0 Å². The molecular weight excluding hydrogens is 356 g/mol. The molecule has 162 valence electrons. The van der Waals surface area contributed by atoms with Crippen LogP contribution in [0, 0.1) is 17.3 Å². The molecule has 0 heterocycles. The summed E-state index contributed by atoms with van der Waals surface area (Å²) in [4.78, 5) is 12.5. The fraction of sp³-hybridized carbons (Fsp3) is 0.957. The van der Waals surface area contributed by atoms with E-state index in [4.69, 9.17) is 14.2 Å². The molecule has 4 unspecified atom stereocenters. The molecule has 0 saturated heterocycles. The van der Waals surface area contributed by atoms with Gasteiger partial charge in [0.1, 0.15) is 5.60 Å². The average Bonchev–Trinajstić information content (AvgIpc) is 2.50. The maximum Gasteiger partial charge on any atom is 0.335 e. The van der Waals surface area contributed by atoms with Crippen molar-refractivity contribution < 1.29 is 24.1 Å². The first-order valence-electron chi connectivity index (χ1n) is 11.0. The van der Waals surface area contributed by atoms with Gasteiger partial charge in [0, 0.05) is 11.8 Å². The second kappa shape index (κ2) is 7.24. The first-order chi connectivity index (χ1) is 12.8. The molecule has 0 radical (unpaired) electrons. The number of ether oxygens (including phenoxy) is 3. The van der Waals surface area contributed by atoms with Crippen molar-refractivity contribution in [2.75, 3.05) is 0 Å². The zero-order chi connectivity index (χ0) is 21.0. The Hall–Kier alpha value is -0.650. The van der Waals surface area contributed by atoms with Crippen LogP contribution >= 0.6 is 0 Å². The standard InChI is InChI=1S/C23H40O5/c1-8-21(6,7)19(25)28-23-12-16-9-17(13-23)11-22(10-16,14-23)26-15(2)18(24)27-20(3,4)5/h15-17,19,25H,8-14H2,1-7H3. The van der Waals surface area contributed by atoms with Gasteiger partial charge in [-0.05, 0) is 78.1 Å². The van der Waals surface area contributed by atoms with Crippen molar-refractivity contribution in [3.63, 3.8) is 0 Å². The van der Waals surface area contributed by atoms with E-state index in [1.54, 1.807) is 6.92 Å². The molecule has 0 amide bonds. The summed E-state index contributed by atoms with van der Waals surface area (Å²) in [5.41, 5.74) is -1.46. The summed E-state index contributed by atoms with van der Waals surface area (Å²) in [6, 6.07) is 0. The van der Waals surface area contributed by atoms with Gasteiger partial charge < -0.3 is 19.3 Å². The lowest BCUT2D eigenvalue weighted by Crippen LogP contribution is -2.63. The third-order valence-corrected chi connectivity index (χ3v) is 7.06. The molecule has 4 bridgehead atoms. The minimum absolute atomic E-state index is 0.277. The van der Waals surface area contributed by atoms with E-state index in [0.29, 0.717) is 11.8 Å². The average molecular weight is 397 g/mol. The highest BCUT2D eigenvalue weighted by atomic mass is 16.6. The molecule has 28 heavy (non-hydrogen) atoms. The minimum Gasteiger partial charge on any atom is -0.458 e. The van der Waals surface area contributed by atoms with Crippen molar-refractivity contribution >= 4 is 5.97 Å². The molecule has 0 aromatic carbocycles. The summed E-state index contributed by atoms with van der Waals surface area (Å²) >= 11 is 0. The lowest BCUT2D eigenvalue weighted by molar-refractivity contribution is -0.303. The molecule has 4 rings (SSSR count). The number of aliphatic hydroxyl groups is 1. The predicted octanol–water partition coefficient (Wildman–Crippen LogP) is 4.60. The van der Waals surface area contributed by atoms with Gasteiger partial charge in [-0.25, -0.2) is 4.79 Å². The molecule has 5 nitrogen and oxygen atoms in total. The molecule has 0 aromatic heterocycles. The summed E-state index contributed by atoms with van der Waals surface area (Å²) in [5.74, 6) is 0.790. The topological polar surface area (TPSA) is 65.0 Å². The number of carbonyl (C=O) groups excluding carboxylic acids is 1. The van der Waals surface area contributed by atoms with Crippen LogP contribution in [0.4, 0.5) is 0 Å². The van der Waals surface area contributed by atoms with Gasteiger partial charge in [0.05, 0.1) is 11.2 Å². The van der Waals surface area contributed by atoms with Crippen molar-refractivity contribution in [3.8, 4) is 0 Å². The van der Waals surface area contributed by atoms with Crippen LogP contribution in [0.2, 0.25) is 0 Å². The lowest BCUT2D eigenvalue weighted by atomic mass is 9.52. The summed E-state index contributed by atoms with van der Waals surface area (Å²) < 4.78 is 18.4. The first kappa shape index (κ1) is 22.0. The zero-order valence-corrected chi connectivity index (χ0v) is 18.8. The van der Waals surface area contributed by atoms with Crippen molar-refractivity contribution in [2.45, 2.75) is 123 Å². The molecule has 4 saturated carbocycles. The molecule has 5 heteroatoms. The Morgan fingerprint density at radius 2 is 1.54 bits per heavy atom. The monoisotopic (exact) mass is 396 g/mol. The summed E-state index contributed by atoms with van der Waals surface area (Å²) in [7, 11) is 0. The maximum atomic E-state index is 12.5. The smallest absolute Gasteiger partial charge is 0.335 e. The van der Waals surface area contributed by atoms with Gasteiger partial charge in [-0.2, -0.15) is 0 Å². The van der Waals surface area contributed by atoms with Crippen LogP contribution in [0.15, 0.2) is 0 Å². The van der Waals surface area contributed by atoms with Crippen molar-refractivity contribution in [2.24, 2.45) is 17.3 Å². The van der Waals surface area contributed by atoms with E-state index < -0.39 is 18.0 Å². The predicted molar refractivity (Wildman–Crippen MR) is 108 cm³/mol. The van der Waals surface area contributed by atoms with Crippen molar-refractivity contribution in [3.05, 3.63) is 0 Å². The van der Waals surface area contributed by atoms with Gasteiger partial charge in [0.15, 0.2) is 12.4 Å². The molecule has 0 aromatic rings. The minimum atomic E-state index is -0.783. The van der Waals surface area contributed by atoms with Gasteiger partial charge in [0.25, 0.3) is 0 Å². The largest absolute Gasteiger partial charge is 0.458 e. The van der Waals surface area contributed by atoms with Crippen molar-refractivity contribution in [1.82, 2.24) is 0 Å². The van der Waals surface area contributed by atoms with E-state index in [-0.39, 0.29) is 22.6 Å². The highest BCUT2D eigenvalue weighted by molar-refractivity contribution is 5.74. The Kier molecular flexibility index (Phi) is 5.70. The number of rotatable bonds is 7. The summed E-state index contributed by atoms with van der Waals surface area (Å²) in [6.45, 7) is 13.6. The number of hydrogen-bond donors (Lipinski definition) is 1. The van der Waals surface area contributed by atoms with Crippen LogP contribution in [0.25, 0.3) is 0 Å². The highest BCUT2D eigenvalue weighted by Crippen LogP contribution is 2.61. The van der Waals surface area contributed by atoms with Crippen LogP contribution in [0.1, 0.15) is 93.4 Å². The summed E-state index contributed by atoms with van der Waals surface area (Å²) in [5, 5.41) is 10.8. The molecule has 4 fully saturated rings. The Morgan fingerprint density at radius 1 is 1.04 bits per heavy atom. The summed E-state index contributed by atoms with van der Waals surface area (Å²) in [6.07, 6.45) is 5.40. The molecule has 0 spiro atoms. The molecule has 0 aliphatic heterocycles. The zero-order valence-electron chi connectivity index (χ0n) is 18.8. The molecule has 4 aliphatic carbocycles. The van der Waals surface area contributed by atoms with Crippen LogP contribution in [0.3, 0.4) is 0 Å². The SMILES string of the molecule is CCC(C)(C)C(O)OC12CC3CC(CC(OC(C)C(=O)OC(C)(C)C)(C3)C1)C2. The Balaban J connectivity index is 1.74. The third-order valence-electron chi connectivity index (χ3n) is 7.06. The van der Waals surface area contributed by atoms with E-state index in [0.717, 1.165) is 38.5 Å².